The summed E-state index contributed by atoms with van der Waals surface area (Å²) in [5.74, 6) is -1.11. The SMILES string of the molecule is Cl.Cl.Fc1cncc(F)c1[C@H]1CCCN1. The molecule has 86 valence electrons. The molecule has 2 rings (SSSR count). The Morgan fingerprint density at radius 3 is 2.27 bits per heavy atom. The highest BCUT2D eigenvalue weighted by Gasteiger charge is 2.22. The van der Waals surface area contributed by atoms with Gasteiger partial charge in [-0.25, -0.2) is 8.78 Å². The van der Waals surface area contributed by atoms with Crippen LogP contribution in [0.4, 0.5) is 8.78 Å². The Morgan fingerprint density at radius 1 is 1.20 bits per heavy atom. The molecular formula is C9H12Cl2F2N2. The van der Waals surface area contributed by atoms with Crippen molar-refractivity contribution in [1.82, 2.24) is 10.3 Å². The van der Waals surface area contributed by atoms with Crippen LogP contribution in [0, 0.1) is 11.6 Å². The van der Waals surface area contributed by atoms with E-state index in [4.69, 9.17) is 0 Å². The molecule has 1 aliphatic rings. The van der Waals surface area contributed by atoms with Gasteiger partial charge >= 0.3 is 0 Å². The Hall–Kier alpha value is -0.450. The molecule has 1 aromatic rings. The van der Waals surface area contributed by atoms with E-state index in [1.165, 1.54) is 0 Å². The molecule has 1 aromatic heterocycles. The number of aromatic nitrogens is 1. The van der Waals surface area contributed by atoms with Gasteiger partial charge in [0, 0.05) is 11.6 Å². The van der Waals surface area contributed by atoms with Crippen LogP contribution in [-0.2, 0) is 0 Å². The Bertz CT molecular complexity index is 297. The fourth-order valence-corrected chi connectivity index (χ4v) is 1.69. The number of hydrogen-bond donors (Lipinski definition) is 1. The van der Waals surface area contributed by atoms with E-state index >= 15 is 0 Å². The van der Waals surface area contributed by atoms with Crippen LogP contribution in [0.5, 0.6) is 0 Å². The van der Waals surface area contributed by atoms with Crippen molar-refractivity contribution in [2.24, 2.45) is 0 Å². The van der Waals surface area contributed by atoms with Gasteiger partial charge in [-0.15, -0.1) is 24.8 Å². The lowest BCUT2D eigenvalue weighted by molar-refractivity contribution is 0.500. The lowest BCUT2D eigenvalue weighted by Gasteiger charge is -2.11. The van der Waals surface area contributed by atoms with Crippen LogP contribution in [0.2, 0.25) is 0 Å². The summed E-state index contributed by atoms with van der Waals surface area (Å²) in [5, 5.41) is 3.05. The summed E-state index contributed by atoms with van der Waals surface area (Å²) in [7, 11) is 0. The molecule has 1 aliphatic heterocycles. The zero-order valence-electron chi connectivity index (χ0n) is 7.87. The van der Waals surface area contributed by atoms with E-state index in [9.17, 15) is 8.78 Å². The number of rotatable bonds is 1. The highest BCUT2D eigenvalue weighted by molar-refractivity contribution is 5.85. The predicted octanol–water partition coefficient (Wildman–Crippen LogP) is 2.63. The topological polar surface area (TPSA) is 24.9 Å². The van der Waals surface area contributed by atoms with Gasteiger partial charge in [-0.2, -0.15) is 0 Å². The fraction of sp³-hybridized carbons (Fsp3) is 0.444. The van der Waals surface area contributed by atoms with Crippen molar-refractivity contribution in [2.45, 2.75) is 18.9 Å². The molecule has 1 fully saturated rings. The van der Waals surface area contributed by atoms with Crippen molar-refractivity contribution in [2.75, 3.05) is 6.54 Å². The first-order valence-corrected chi connectivity index (χ1v) is 4.31. The summed E-state index contributed by atoms with van der Waals surface area (Å²) in [4.78, 5) is 3.44. The number of halogens is 4. The highest BCUT2D eigenvalue weighted by Crippen LogP contribution is 2.26. The summed E-state index contributed by atoms with van der Waals surface area (Å²) >= 11 is 0. The quantitative estimate of drug-likeness (QED) is 0.836. The average molecular weight is 257 g/mol. The van der Waals surface area contributed by atoms with Crippen LogP contribution in [0.3, 0.4) is 0 Å². The largest absolute Gasteiger partial charge is 0.310 e. The number of nitrogens with zero attached hydrogens (tertiary/aromatic N) is 1. The molecule has 0 saturated carbocycles. The summed E-state index contributed by atoms with van der Waals surface area (Å²) in [5.41, 5.74) is 0.132. The second-order valence-corrected chi connectivity index (χ2v) is 3.17. The minimum Gasteiger partial charge on any atom is -0.310 e. The molecule has 0 aromatic carbocycles. The van der Waals surface area contributed by atoms with Gasteiger partial charge in [0.15, 0.2) is 0 Å². The smallest absolute Gasteiger partial charge is 0.149 e. The highest BCUT2D eigenvalue weighted by atomic mass is 35.5. The summed E-state index contributed by atoms with van der Waals surface area (Å²) in [6.07, 6.45) is 3.86. The van der Waals surface area contributed by atoms with Crippen molar-refractivity contribution < 1.29 is 8.78 Å². The van der Waals surface area contributed by atoms with Crippen LogP contribution in [0.25, 0.3) is 0 Å². The Morgan fingerprint density at radius 2 is 1.80 bits per heavy atom. The van der Waals surface area contributed by atoms with Gasteiger partial charge in [0.05, 0.1) is 12.4 Å². The molecule has 0 amide bonds. The Balaban J connectivity index is 0.000000980. The molecule has 0 aliphatic carbocycles. The standard InChI is InChI=1S/C9H10F2N2.2ClH/c10-6-4-12-5-7(11)9(6)8-2-1-3-13-8;;/h4-5,8,13H,1-3H2;2*1H/t8-;;/m1../s1. The number of hydrogen-bond acceptors (Lipinski definition) is 2. The first kappa shape index (κ1) is 14.6. The summed E-state index contributed by atoms with van der Waals surface area (Å²) in [6, 6.07) is -0.178. The zero-order chi connectivity index (χ0) is 9.26. The third kappa shape index (κ3) is 3.00. The van der Waals surface area contributed by atoms with E-state index in [2.05, 4.69) is 10.3 Å². The summed E-state index contributed by atoms with van der Waals surface area (Å²) in [6.45, 7) is 0.825. The maximum atomic E-state index is 13.2. The van der Waals surface area contributed by atoms with E-state index < -0.39 is 11.6 Å². The van der Waals surface area contributed by atoms with E-state index in [1.807, 2.05) is 0 Å². The van der Waals surface area contributed by atoms with E-state index in [0.717, 1.165) is 31.8 Å². The number of pyridine rings is 1. The van der Waals surface area contributed by atoms with Gasteiger partial charge in [-0.05, 0) is 19.4 Å². The summed E-state index contributed by atoms with van der Waals surface area (Å²) < 4.78 is 26.3. The molecule has 0 bridgehead atoms. The van der Waals surface area contributed by atoms with Crippen molar-refractivity contribution in [1.29, 1.82) is 0 Å². The second-order valence-electron chi connectivity index (χ2n) is 3.17. The molecule has 0 spiro atoms. The third-order valence-electron chi connectivity index (χ3n) is 2.30. The Kier molecular flexibility index (Phi) is 6.02. The van der Waals surface area contributed by atoms with Crippen LogP contribution in [0.15, 0.2) is 12.4 Å². The molecule has 1 saturated heterocycles. The van der Waals surface area contributed by atoms with Crippen molar-refractivity contribution in [3.8, 4) is 0 Å². The normalized spacial score (nSPS) is 19.2. The van der Waals surface area contributed by atoms with E-state index in [-0.39, 0.29) is 36.4 Å². The molecule has 1 atom stereocenters. The van der Waals surface area contributed by atoms with Gasteiger partial charge in [0.1, 0.15) is 11.6 Å². The second kappa shape index (κ2) is 6.20. The van der Waals surface area contributed by atoms with Crippen molar-refractivity contribution >= 4 is 24.8 Å². The molecule has 15 heavy (non-hydrogen) atoms. The number of nitrogens with one attached hydrogen (secondary N) is 1. The molecule has 6 heteroatoms. The first-order valence-electron chi connectivity index (χ1n) is 4.31. The van der Waals surface area contributed by atoms with Gasteiger partial charge < -0.3 is 5.32 Å². The maximum Gasteiger partial charge on any atom is 0.149 e. The molecule has 2 heterocycles. The van der Waals surface area contributed by atoms with E-state index in [1.54, 1.807) is 0 Å². The van der Waals surface area contributed by atoms with Crippen LogP contribution in [-0.4, -0.2) is 11.5 Å². The van der Waals surface area contributed by atoms with Gasteiger partial charge in [0.25, 0.3) is 0 Å². The van der Waals surface area contributed by atoms with Gasteiger partial charge in [-0.3, -0.25) is 4.98 Å². The Labute approximate surface area is 99.3 Å². The zero-order valence-corrected chi connectivity index (χ0v) is 9.51. The van der Waals surface area contributed by atoms with Crippen LogP contribution in [0.1, 0.15) is 24.4 Å². The fourth-order valence-electron chi connectivity index (χ4n) is 1.69. The minimum absolute atomic E-state index is 0. The average Bonchev–Trinajstić information content (AvgIpc) is 2.57. The van der Waals surface area contributed by atoms with E-state index in [0.29, 0.717) is 0 Å². The monoisotopic (exact) mass is 256 g/mol. The minimum atomic E-state index is -0.556. The lowest BCUT2D eigenvalue weighted by atomic mass is 10.1. The molecule has 0 radical (unpaired) electrons. The molecule has 0 unspecified atom stereocenters. The molecular weight excluding hydrogens is 245 g/mol. The molecule has 1 N–H and O–H groups in total. The van der Waals surface area contributed by atoms with Crippen LogP contribution < -0.4 is 5.32 Å². The maximum absolute atomic E-state index is 13.2. The lowest BCUT2D eigenvalue weighted by Crippen LogP contribution is -2.16. The molecule has 2 nitrogen and oxygen atoms in total. The third-order valence-corrected chi connectivity index (χ3v) is 2.30. The van der Waals surface area contributed by atoms with Crippen molar-refractivity contribution in [3.63, 3.8) is 0 Å². The van der Waals surface area contributed by atoms with Crippen molar-refractivity contribution in [3.05, 3.63) is 29.6 Å². The van der Waals surface area contributed by atoms with Gasteiger partial charge in [-0.1, -0.05) is 0 Å². The van der Waals surface area contributed by atoms with Crippen LogP contribution >= 0.6 is 24.8 Å². The predicted molar refractivity (Wildman–Crippen MR) is 58.6 cm³/mol. The first-order chi connectivity index (χ1) is 6.29. The van der Waals surface area contributed by atoms with Gasteiger partial charge in [0.2, 0.25) is 0 Å².